The molecule has 0 aliphatic carbocycles. The number of para-hydroxylation sites is 1. The molecule has 2 amide bonds. The van der Waals surface area contributed by atoms with Gasteiger partial charge in [-0.2, -0.15) is 0 Å². The van der Waals surface area contributed by atoms with Gasteiger partial charge in [-0.25, -0.2) is 0 Å². The highest BCUT2D eigenvalue weighted by Gasteiger charge is 2.58. The summed E-state index contributed by atoms with van der Waals surface area (Å²) in [5.41, 5.74) is 1.88. The highest BCUT2D eigenvalue weighted by Crippen LogP contribution is 2.49. The fraction of sp³-hybridized carbons (Fsp3) is 0.440. The molecule has 2 aliphatic heterocycles. The van der Waals surface area contributed by atoms with Crippen LogP contribution in [0.4, 0.5) is 5.69 Å². The number of nitrogens with zero attached hydrogens (tertiary/aromatic N) is 1. The zero-order valence-corrected chi connectivity index (χ0v) is 17.7. The molecule has 1 fully saturated rings. The summed E-state index contributed by atoms with van der Waals surface area (Å²) >= 11 is 0. The smallest absolute Gasteiger partial charge is 0.237 e. The van der Waals surface area contributed by atoms with Gasteiger partial charge in [-0.05, 0) is 41.9 Å². The van der Waals surface area contributed by atoms with Crippen LogP contribution in [0.15, 0.2) is 54.6 Å². The lowest BCUT2D eigenvalue weighted by Crippen LogP contribution is -2.49. The molecule has 0 unspecified atom stereocenters. The Labute approximate surface area is 178 Å². The maximum Gasteiger partial charge on any atom is 0.237 e. The topological polar surface area (TPSA) is 69.6 Å². The highest BCUT2D eigenvalue weighted by molar-refractivity contribution is 6.07. The van der Waals surface area contributed by atoms with Gasteiger partial charge in [0.05, 0.1) is 11.5 Å². The summed E-state index contributed by atoms with van der Waals surface area (Å²) in [5, 5.41) is 12.7. The second-order valence-corrected chi connectivity index (χ2v) is 9.35. The predicted octanol–water partition coefficient (Wildman–Crippen LogP) is 3.52. The first-order valence-electron chi connectivity index (χ1n) is 10.7. The van der Waals surface area contributed by atoms with Gasteiger partial charge in [0.15, 0.2) is 0 Å². The van der Waals surface area contributed by atoms with E-state index in [2.05, 4.69) is 17.4 Å². The van der Waals surface area contributed by atoms with Crippen molar-refractivity contribution in [1.82, 2.24) is 4.90 Å². The lowest BCUT2D eigenvalue weighted by molar-refractivity contribution is -0.136. The van der Waals surface area contributed by atoms with Gasteiger partial charge in [0.25, 0.3) is 0 Å². The molecule has 2 aliphatic rings. The Kier molecular flexibility index (Phi) is 5.41. The number of hydrogen-bond acceptors (Lipinski definition) is 3. The van der Waals surface area contributed by atoms with Crippen molar-refractivity contribution in [1.29, 1.82) is 0 Å². The lowest BCUT2D eigenvalue weighted by Gasteiger charge is -2.35. The molecule has 5 nitrogen and oxygen atoms in total. The number of carbonyl (C=O) groups is 2. The van der Waals surface area contributed by atoms with Crippen LogP contribution in [0.1, 0.15) is 44.2 Å². The molecule has 1 saturated heterocycles. The highest BCUT2D eigenvalue weighted by atomic mass is 16.3. The van der Waals surface area contributed by atoms with E-state index in [9.17, 15) is 14.7 Å². The van der Waals surface area contributed by atoms with Crippen LogP contribution in [0.25, 0.3) is 0 Å². The normalized spacial score (nSPS) is 23.0. The van der Waals surface area contributed by atoms with Crippen molar-refractivity contribution < 1.29 is 14.7 Å². The molecule has 158 valence electrons. The summed E-state index contributed by atoms with van der Waals surface area (Å²) in [6, 6.07) is 17.9. The second kappa shape index (κ2) is 7.88. The molecule has 4 rings (SSSR count). The van der Waals surface area contributed by atoms with Crippen molar-refractivity contribution in [2.45, 2.75) is 51.0 Å². The molecule has 0 radical (unpaired) electrons. The van der Waals surface area contributed by atoms with E-state index in [1.807, 2.05) is 61.2 Å². The third-order valence-electron chi connectivity index (χ3n) is 6.68. The Morgan fingerprint density at radius 2 is 1.87 bits per heavy atom. The average Bonchev–Trinajstić information content (AvgIpc) is 3.26. The van der Waals surface area contributed by atoms with Crippen LogP contribution in [-0.4, -0.2) is 41.0 Å². The minimum Gasteiger partial charge on any atom is -0.396 e. The summed E-state index contributed by atoms with van der Waals surface area (Å²) in [6.45, 7) is 4.30. The van der Waals surface area contributed by atoms with E-state index in [1.165, 1.54) is 5.56 Å². The van der Waals surface area contributed by atoms with Crippen molar-refractivity contribution >= 4 is 17.5 Å². The van der Waals surface area contributed by atoms with E-state index in [0.717, 1.165) is 24.1 Å². The maximum atomic E-state index is 13.3. The number of aliphatic hydroxyl groups excluding tert-OH is 1. The number of aliphatic hydroxyl groups is 1. The Morgan fingerprint density at radius 3 is 2.60 bits per heavy atom. The number of fused-ring (bicyclic) bond motifs is 2. The molecule has 2 aromatic rings. The number of rotatable bonds is 6. The predicted molar refractivity (Wildman–Crippen MR) is 117 cm³/mol. The number of nitrogens with one attached hydrogen (secondary N) is 1. The van der Waals surface area contributed by atoms with Crippen LogP contribution >= 0.6 is 0 Å². The fourth-order valence-corrected chi connectivity index (χ4v) is 5.02. The molecular formula is C25H30N2O3. The van der Waals surface area contributed by atoms with Crippen LogP contribution in [-0.2, 0) is 21.4 Å². The third kappa shape index (κ3) is 3.52. The largest absolute Gasteiger partial charge is 0.396 e. The Bertz CT molecular complexity index is 940. The third-order valence-corrected chi connectivity index (χ3v) is 6.68. The molecule has 2 atom stereocenters. The van der Waals surface area contributed by atoms with Crippen LogP contribution in [0.3, 0.4) is 0 Å². The van der Waals surface area contributed by atoms with Crippen LogP contribution < -0.4 is 5.32 Å². The summed E-state index contributed by atoms with van der Waals surface area (Å²) in [4.78, 5) is 28.5. The molecule has 1 spiro atoms. The van der Waals surface area contributed by atoms with Gasteiger partial charge in [0.2, 0.25) is 11.8 Å². The lowest BCUT2D eigenvalue weighted by atomic mass is 9.73. The van der Waals surface area contributed by atoms with Crippen molar-refractivity contribution in [2.24, 2.45) is 5.41 Å². The molecule has 0 aromatic heterocycles. The number of aryl methyl sites for hydroxylation is 1. The van der Waals surface area contributed by atoms with Crippen LogP contribution in [0, 0.1) is 5.41 Å². The fourth-order valence-electron chi connectivity index (χ4n) is 5.02. The summed E-state index contributed by atoms with van der Waals surface area (Å²) in [6.07, 6.45) is 2.41. The molecule has 2 N–H and O–H groups in total. The summed E-state index contributed by atoms with van der Waals surface area (Å²) in [5.74, 6) is 0.0136. The zero-order chi connectivity index (χ0) is 21.4. The van der Waals surface area contributed by atoms with Crippen LogP contribution in [0.5, 0.6) is 0 Å². The minimum absolute atomic E-state index is 0.00141. The van der Waals surface area contributed by atoms with E-state index in [-0.39, 0.29) is 30.9 Å². The van der Waals surface area contributed by atoms with Crippen molar-refractivity contribution in [3.8, 4) is 0 Å². The number of benzene rings is 2. The minimum atomic E-state index is -0.704. The second-order valence-electron chi connectivity index (χ2n) is 9.35. The van der Waals surface area contributed by atoms with Gasteiger partial charge >= 0.3 is 0 Å². The maximum absolute atomic E-state index is 13.3. The van der Waals surface area contributed by atoms with Gasteiger partial charge in [0, 0.05) is 25.3 Å². The van der Waals surface area contributed by atoms with E-state index in [0.29, 0.717) is 13.0 Å². The molecule has 30 heavy (non-hydrogen) atoms. The number of amides is 2. The quantitative estimate of drug-likeness (QED) is 0.771. The van der Waals surface area contributed by atoms with E-state index < -0.39 is 10.8 Å². The average molecular weight is 407 g/mol. The monoisotopic (exact) mass is 406 g/mol. The molecule has 2 heterocycles. The van der Waals surface area contributed by atoms with E-state index in [4.69, 9.17) is 0 Å². The number of hydrogen-bond donors (Lipinski definition) is 2. The Morgan fingerprint density at radius 1 is 1.17 bits per heavy atom. The van der Waals surface area contributed by atoms with Gasteiger partial charge in [-0.1, -0.05) is 62.4 Å². The molecule has 5 heteroatoms. The Hall–Kier alpha value is -2.66. The van der Waals surface area contributed by atoms with Crippen molar-refractivity contribution in [3.05, 3.63) is 65.7 Å². The standard InChI is InChI=1S/C25H30N2O3/c1-24(2,17-28)16-22(29)27-15-14-25(19-10-6-7-11-20(19)26-23(25)30)21(27)13-12-18-8-4-3-5-9-18/h3-11,21,28H,12-17H2,1-2H3,(H,26,30)/t21-,25+/m0/s1. The van der Waals surface area contributed by atoms with Gasteiger partial charge < -0.3 is 15.3 Å². The molecular weight excluding hydrogens is 376 g/mol. The summed E-state index contributed by atoms with van der Waals surface area (Å²) in [7, 11) is 0. The van der Waals surface area contributed by atoms with E-state index >= 15 is 0 Å². The van der Waals surface area contributed by atoms with E-state index in [1.54, 1.807) is 0 Å². The van der Waals surface area contributed by atoms with Gasteiger partial charge in [0.1, 0.15) is 0 Å². The Balaban J connectivity index is 1.68. The number of carbonyl (C=O) groups excluding carboxylic acids is 2. The first-order valence-corrected chi connectivity index (χ1v) is 10.7. The first-order chi connectivity index (χ1) is 14.4. The van der Waals surface area contributed by atoms with Crippen LogP contribution in [0.2, 0.25) is 0 Å². The van der Waals surface area contributed by atoms with Crippen molar-refractivity contribution in [3.63, 3.8) is 0 Å². The molecule has 0 bridgehead atoms. The van der Waals surface area contributed by atoms with Crippen molar-refractivity contribution in [2.75, 3.05) is 18.5 Å². The van der Waals surface area contributed by atoms with Gasteiger partial charge in [-0.15, -0.1) is 0 Å². The molecule has 2 aromatic carbocycles. The van der Waals surface area contributed by atoms with Gasteiger partial charge in [-0.3, -0.25) is 9.59 Å². The number of anilines is 1. The molecule has 0 saturated carbocycles. The SMILES string of the molecule is CC(C)(CO)CC(=O)N1CC[C@]2(C(=O)Nc3ccccc32)[C@@H]1CCc1ccccc1. The summed E-state index contributed by atoms with van der Waals surface area (Å²) < 4.78 is 0. The number of likely N-dealkylation sites (tertiary alicyclic amines) is 1. The zero-order valence-electron chi connectivity index (χ0n) is 17.7. The first kappa shape index (κ1) is 20.6.